The number of rotatable bonds is 5. The number of hydrogen-bond donors (Lipinski definition) is 3. The zero-order chi connectivity index (χ0) is 15.4. The Kier molecular flexibility index (Phi) is 4.71. The van der Waals surface area contributed by atoms with Gasteiger partial charge in [-0.05, 0) is 30.0 Å². The molecule has 2 amide bonds. The Hall–Kier alpha value is -2.19. The summed E-state index contributed by atoms with van der Waals surface area (Å²) in [5, 5.41) is 16.2. The third kappa shape index (κ3) is 3.89. The highest BCUT2D eigenvalue weighted by Gasteiger charge is 2.14. The van der Waals surface area contributed by atoms with Crippen LogP contribution in [0.5, 0.6) is 0 Å². The van der Waals surface area contributed by atoms with Gasteiger partial charge in [0.15, 0.2) is 0 Å². The summed E-state index contributed by atoms with van der Waals surface area (Å²) in [5.41, 5.74) is 0.588. The highest BCUT2D eigenvalue weighted by atomic mass is 32.1. The van der Waals surface area contributed by atoms with Crippen LogP contribution in [0.1, 0.15) is 24.9 Å². The molecule has 2 aromatic heterocycles. The number of hydrogen-bond acceptors (Lipinski definition) is 5. The van der Waals surface area contributed by atoms with E-state index in [9.17, 15) is 14.4 Å². The number of amides is 2. The molecule has 2 heterocycles. The topological polar surface area (TPSA) is 95.5 Å². The van der Waals surface area contributed by atoms with Crippen LogP contribution in [0.25, 0.3) is 0 Å². The van der Waals surface area contributed by atoms with Crippen molar-refractivity contribution in [2.24, 2.45) is 0 Å². The average Bonchev–Trinajstić information content (AvgIpc) is 3.05. The number of aromatic carboxylic acids is 1. The van der Waals surface area contributed by atoms with Crippen LogP contribution in [0.4, 0.5) is 5.00 Å². The molecule has 0 aliphatic rings. The molecule has 110 valence electrons. The third-order valence-electron chi connectivity index (χ3n) is 2.53. The predicted octanol–water partition coefficient (Wildman–Crippen LogP) is 2.18. The van der Waals surface area contributed by atoms with Crippen molar-refractivity contribution in [3.8, 4) is 0 Å². The van der Waals surface area contributed by atoms with E-state index in [4.69, 9.17) is 5.11 Å². The first kappa shape index (κ1) is 15.2. The molecule has 0 spiro atoms. The van der Waals surface area contributed by atoms with Gasteiger partial charge in [0.1, 0.15) is 4.88 Å². The normalized spacial score (nSPS) is 10.1. The van der Waals surface area contributed by atoms with E-state index in [0.29, 0.717) is 15.4 Å². The number of carboxylic acid groups (broad SMARTS) is 1. The molecule has 0 fully saturated rings. The second-order valence-electron chi connectivity index (χ2n) is 4.14. The molecule has 8 heteroatoms. The van der Waals surface area contributed by atoms with E-state index in [-0.39, 0.29) is 17.3 Å². The molecule has 21 heavy (non-hydrogen) atoms. The Bertz CT molecular complexity index is 676. The Balaban J connectivity index is 1.89. The van der Waals surface area contributed by atoms with Gasteiger partial charge >= 0.3 is 5.97 Å². The number of nitrogens with one attached hydrogen (secondary N) is 2. The Morgan fingerprint density at radius 1 is 1.33 bits per heavy atom. The van der Waals surface area contributed by atoms with Gasteiger partial charge in [0.25, 0.3) is 5.91 Å². The number of thiophene rings is 2. The second-order valence-corrected chi connectivity index (χ2v) is 6.14. The molecular formula is C13H12N2O4S2. The van der Waals surface area contributed by atoms with Crippen molar-refractivity contribution in [2.45, 2.75) is 6.92 Å². The summed E-state index contributed by atoms with van der Waals surface area (Å²) < 4.78 is 0. The van der Waals surface area contributed by atoms with Gasteiger partial charge in [0.2, 0.25) is 5.91 Å². The van der Waals surface area contributed by atoms with Crippen LogP contribution in [0, 0.1) is 6.92 Å². The second kappa shape index (κ2) is 6.51. The summed E-state index contributed by atoms with van der Waals surface area (Å²) in [6, 6.07) is 5.01. The summed E-state index contributed by atoms with van der Waals surface area (Å²) in [7, 11) is 0. The molecule has 6 nitrogen and oxygen atoms in total. The van der Waals surface area contributed by atoms with Crippen molar-refractivity contribution in [3.63, 3.8) is 0 Å². The van der Waals surface area contributed by atoms with E-state index in [1.165, 1.54) is 11.3 Å². The van der Waals surface area contributed by atoms with Gasteiger partial charge < -0.3 is 15.7 Å². The molecule has 2 aromatic rings. The monoisotopic (exact) mass is 324 g/mol. The van der Waals surface area contributed by atoms with Gasteiger partial charge in [-0.2, -0.15) is 0 Å². The molecule has 0 saturated heterocycles. The average molecular weight is 324 g/mol. The van der Waals surface area contributed by atoms with Crippen LogP contribution < -0.4 is 10.6 Å². The van der Waals surface area contributed by atoms with Gasteiger partial charge in [0.05, 0.1) is 16.4 Å². The van der Waals surface area contributed by atoms with Crippen molar-refractivity contribution in [1.29, 1.82) is 0 Å². The van der Waals surface area contributed by atoms with Crippen molar-refractivity contribution >= 4 is 45.5 Å². The standard InChI is InChI=1S/C13H12N2O4S2/c1-7-5-10(21-11(7)13(18)19)15-9(16)6-14-12(17)8-3-2-4-20-8/h2-5H,6H2,1H3,(H,14,17)(H,15,16)(H,18,19). The first-order chi connectivity index (χ1) is 9.97. The number of aryl methyl sites for hydroxylation is 1. The molecule has 2 rings (SSSR count). The fraction of sp³-hybridized carbons (Fsp3) is 0.154. The fourth-order valence-electron chi connectivity index (χ4n) is 1.59. The molecule has 0 aliphatic heterocycles. The zero-order valence-electron chi connectivity index (χ0n) is 11.0. The van der Waals surface area contributed by atoms with E-state index < -0.39 is 11.9 Å². The highest BCUT2D eigenvalue weighted by molar-refractivity contribution is 7.18. The molecule has 3 N–H and O–H groups in total. The van der Waals surface area contributed by atoms with Gasteiger partial charge in [-0.3, -0.25) is 9.59 Å². The fourth-order valence-corrected chi connectivity index (χ4v) is 3.16. The quantitative estimate of drug-likeness (QED) is 0.785. The lowest BCUT2D eigenvalue weighted by Crippen LogP contribution is -2.32. The van der Waals surface area contributed by atoms with Crippen molar-refractivity contribution in [3.05, 3.63) is 38.9 Å². The molecular weight excluding hydrogens is 312 g/mol. The summed E-state index contributed by atoms with van der Waals surface area (Å²) >= 11 is 2.27. The van der Waals surface area contributed by atoms with Crippen molar-refractivity contribution < 1.29 is 19.5 Å². The Labute approximate surface area is 128 Å². The first-order valence-electron chi connectivity index (χ1n) is 5.92. The van der Waals surface area contributed by atoms with Crippen molar-refractivity contribution in [2.75, 3.05) is 11.9 Å². The Morgan fingerprint density at radius 3 is 2.67 bits per heavy atom. The molecule has 0 unspecified atom stereocenters. The lowest BCUT2D eigenvalue weighted by Gasteiger charge is -2.04. The van der Waals surface area contributed by atoms with Crippen LogP contribution in [0.3, 0.4) is 0 Å². The number of carbonyl (C=O) groups excluding carboxylic acids is 2. The van der Waals surface area contributed by atoms with Crippen LogP contribution in [0.2, 0.25) is 0 Å². The minimum absolute atomic E-state index is 0.171. The summed E-state index contributed by atoms with van der Waals surface area (Å²) in [6.45, 7) is 1.49. The lowest BCUT2D eigenvalue weighted by molar-refractivity contribution is -0.115. The Morgan fingerprint density at radius 2 is 2.10 bits per heavy atom. The number of carboxylic acids is 1. The minimum atomic E-state index is -1.02. The van der Waals surface area contributed by atoms with Gasteiger partial charge in [0, 0.05) is 0 Å². The maximum absolute atomic E-state index is 11.7. The summed E-state index contributed by atoms with van der Waals surface area (Å²) in [4.78, 5) is 35.0. The van der Waals surface area contributed by atoms with Crippen LogP contribution >= 0.6 is 22.7 Å². The predicted molar refractivity (Wildman–Crippen MR) is 81.3 cm³/mol. The maximum atomic E-state index is 11.7. The number of carbonyl (C=O) groups is 3. The van der Waals surface area contributed by atoms with Crippen LogP contribution in [-0.2, 0) is 4.79 Å². The van der Waals surface area contributed by atoms with E-state index in [2.05, 4.69) is 10.6 Å². The molecule has 0 saturated carbocycles. The summed E-state index contributed by atoms with van der Waals surface area (Å²) in [6.07, 6.45) is 0. The van der Waals surface area contributed by atoms with Gasteiger partial charge in [-0.15, -0.1) is 22.7 Å². The molecule has 0 aromatic carbocycles. The van der Waals surface area contributed by atoms with Crippen LogP contribution in [0.15, 0.2) is 23.6 Å². The maximum Gasteiger partial charge on any atom is 0.346 e. The molecule has 0 bridgehead atoms. The van der Waals surface area contributed by atoms with E-state index >= 15 is 0 Å². The van der Waals surface area contributed by atoms with Crippen LogP contribution in [-0.4, -0.2) is 29.4 Å². The minimum Gasteiger partial charge on any atom is -0.477 e. The largest absolute Gasteiger partial charge is 0.477 e. The van der Waals surface area contributed by atoms with E-state index in [1.807, 2.05) is 0 Å². The molecule has 0 aliphatic carbocycles. The van der Waals surface area contributed by atoms with E-state index in [0.717, 1.165) is 11.3 Å². The summed E-state index contributed by atoms with van der Waals surface area (Å²) in [5.74, 6) is -1.74. The first-order valence-corrected chi connectivity index (χ1v) is 7.62. The zero-order valence-corrected chi connectivity index (χ0v) is 12.6. The van der Waals surface area contributed by atoms with Crippen molar-refractivity contribution in [1.82, 2.24) is 5.32 Å². The smallest absolute Gasteiger partial charge is 0.346 e. The number of anilines is 1. The van der Waals surface area contributed by atoms with Gasteiger partial charge in [-0.25, -0.2) is 4.79 Å². The van der Waals surface area contributed by atoms with Gasteiger partial charge in [-0.1, -0.05) is 6.07 Å². The molecule has 0 atom stereocenters. The van der Waals surface area contributed by atoms with E-state index in [1.54, 1.807) is 30.5 Å². The SMILES string of the molecule is Cc1cc(NC(=O)CNC(=O)c2cccs2)sc1C(=O)O. The molecule has 0 radical (unpaired) electrons. The highest BCUT2D eigenvalue weighted by Crippen LogP contribution is 2.26. The lowest BCUT2D eigenvalue weighted by atomic mass is 10.3. The third-order valence-corrected chi connectivity index (χ3v) is 4.54.